The predicted molar refractivity (Wildman–Crippen MR) is 103 cm³/mol. The second-order valence-electron chi connectivity index (χ2n) is 7.37. The van der Waals surface area contributed by atoms with Crippen LogP contribution >= 0.6 is 11.6 Å². The van der Waals surface area contributed by atoms with Crippen LogP contribution in [0.15, 0.2) is 24.3 Å². The average molecular weight is 378 g/mol. The number of likely N-dealkylation sites (N-methyl/N-ethyl adjacent to an activating group) is 1. The van der Waals surface area contributed by atoms with Crippen molar-refractivity contribution in [2.75, 3.05) is 39.8 Å². The van der Waals surface area contributed by atoms with Crippen LogP contribution in [0, 0.1) is 0 Å². The Kier molecular flexibility index (Phi) is 6.54. The number of hydrogen-bond donors (Lipinski definition) is 0. The highest BCUT2D eigenvalue weighted by molar-refractivity contribution is 6.30. The second kappa shape index (κ2) is 8.87. The molecule has 0 aromatic heterocycles. The zero-order valence-electron chi connectivity index (χ0n) is 15.5. The van der Waals surface area contributed by atoms with E-state index in [0.29, 0.717) is 36.3 Å². The molecule has 0 atom stereocenters. The van der Waals surface area contributed by atoms with Crippen molar-refractivity contribution >= 4 is 23.4 Å². The summed E-state index contributed by atoms with van der Waals surface area (Å²) in [5.74, 6) is 0.237. The van der Waals surface area contributed by atoms with Gasteiger partial charge in [0, 0.05) is 49.9 Å². The zero-order chi connectivity index (χ0) is 18.5. The van der Waals surface area contributed by atoms with Gasteiger partial charge in [-0.15, -0.1) is 0 Å². The number of hydrogen-bond acceptors (Lipinski definition) is 3. The zero-order valence-corrected chi connectivity index (χ0v) is 16.2. The highest BCUT2D eigenvalue weighted by Gasteiger charge is 2.26. The maximum Gasteiger partial charge on any atom is 0.253 e. The van der Waals surface area contributed by atoms with Crippen molar-refractivity contribution in [3.8, 4) is 0 Å². The molecule has 1 aliphatic heterocycles. The Morgan fingerprint density at radius 3 is 2.27 bits per heavy atom. The predicted octanol–water partition coefficient (Wildman–Crippen LogP) is 2.89. The first-order valence-electron chi connectivity index (χ1n) is 9.57. The fourth-order valence-electron chi connectivity index (χ4n) is 3.86. The molecule has 2 aliphatic rings. The molecule has 1 heterocycles. The van der Waals surface area contributed by atoms with Gasteiger partial charge >= 0.3 is 0 Å². The summed E-state index contributed by atoms with van der Waals surface area (Å²) >= 11 is 5.88. The minimum Gasteiger partial charge on any atom is -0.342 e. The van der Waals surface area contributed by atoms with Crippen LogP contribution in [0.1, 0.15) is 42.5 Å². The molecular weight excluding hydrogens is 350 g/mol. The molecule has 2 fully saturated rings. The van der Waals surface area contributed by atoms with Crippen LogP contribution in [0.2, 0.25) is 5.02 Å². The Morgan fingerprint density at radius 2 is 1.65 bits per heavy atom. The summed E-state index contributed by atoms with van der Waals surface area (Å²) in [4.78, 5) is 31.1. The summed E-state index contributed by atoms with van der Waals surface area (Å²) < 4.78 is 0. The van der Waals surface area contributed by atoms with Gasteiger partial charge in [-0.05, 0) is 37.1 Å². The number of benzene rings is 1. The molecule has 1 aromatic carbocycles. The molecule has 2 amide bonds. The van der Waals surface area contributed by atoms with Crippen LogP contribution in [0.25, 0.3) is 0 Å². The fourth-order valence-corrected chi connectivity index (χ4v) is 3.98. The Morgan fingerprint density at radius 1 is 1.04 bits per heavy atom. The maximum atomic E-state index is 12.6. The van der Waals surface area contributed by atoms with Crippen molar-refractivity contribution in [2.45, 2.75) is 38.1 Å². The van der Waals surface area contributed by atoms with Gasteiger partial charge in [-0.25, -0.2) is 0 Å². The van der Waals surface area contributed by atoms with Gasteiger partial charge < -0.3 is 9.80 Å². The van der Waals surface area contributed by atoms with Gasteiger partial charge in [-0.2, -0.15) is 0 Å². The average Bonchev–Trinajstić information content (AvgIpc) is 2.68. The topological polar surface area (TPSA) is 43.9 Å². The molecule has 0 N–H and O–H groups in total. The lowest BCUT2D eigenvalue weighted by atomic mass is 9.94. The fraction of sp³-hybridized carbons (Fsp3) is 0.600. The number of piperazine rings is 1. The Hall–Kier alpha value is -1.59. The molecule has 6 heteroatoms. The van der Waals surface area contributed by atoms with Crippen LogP contribution in [-0.2, 0) is 4.79 Å². The standard InChI is InChI=1S/C20H28ClN3O2/c1-22(18-5-3-2-4-6-18)19(25)15-23-11-13-24(14-12-23)20(26)16-7-9-17(21)10-8-16/h7-10,18H,2-6,11-15H2,1H3. The first kappa shape index (κ1) is 19.2. The van der Waals surface area contributed by atoms with Gasteiger partial charge in [0.25, 0.3) is 5.91 Å². The molecule has 0 radical (unpaired) electrons. The van der Waals surface area contributed by atoms with Crippen LogP contribution < -0.4 is 0 Å². The molecule has 1 saturated heterocycles. The van der Waals surface area contributed by atoms with E-state index < -0.39 is 0 Å². The maximum absolute atomic E-state index is 12.6. The number of rotatable bonds is 4. The van der Waals surface area contributed by atoms with E-state index in [-0.39, 0.29) is 11.8 Å². The largest absolute Gasteiger partial charge is 0.342 e. The quantitative estimate of drug-likeness (QED) is 0.810. The molecule has 1 aliphatic carbocycles. The lowest BCUT2D eigenvalue weighted by Crippen LogP contribution is -2.52. The van der Waals surface area contributed by atoms with Crippen molar-refractivity contribution < 1.29 is 9.59 Å². The molecule has 3 rings (SSSR count). The molecule has 0 bridgehead atoms. The number of carbonyl (C=O) groups is 2. The van der Waals surface area contributed by atoms with Crippen LogP contribution in [-0.4, -0.2) is 72.3 Å². The molecule has 1 saturated carbocycles. The van der Waals surface area contributed by atoms with Gasteiger partial charge in [0.2, 0.25) is 5.91 Å². The first-order valence-corrected chi connectivity index (χ1v) is 9.95. The van der Waals surface area contributed by atoms with Crippen molar-refractivity contribution in [1.29, 1.82) is 0 Å². The molecular formula is C20H28ClN3O2. The van der Waals surface area contributed by atoms with Crippen molar-refractivity contribution in [2.24, 2.45) is 0 Å². The van der Waals surface area contributed by atoms with Gasteiger partial charge in [0.15, 0.2) is 0 Å². The van der Waals surface area contributed by atoms with E-state index >= 15 is 0 Å². The smallest absolute Gasteiger partial charge is 0.253 e. The van der Waals surface area contributed by atoms with Crippen molar-refractivity contribution in [3.05, 3.63) is 34.9 Å². The summed E-state index contributed by atoms with van der Waals surface area (Å²) in [6.07, 6.45) is 6.01. The normalized spacial score (nSPS) is 19.4. The number of amides is 2. The third-order valence-electron chi connectivity index (χ3n) is 5.63. The molecule has 0 unspecified atom stereocenters. The van der Waals surface area contributed by atoms with E-state index in [9.17, 15) is 9.59 Å². The summed E-state index contributed by atoms with van der Waals surface area (Å²) in [6, 6.07) is 7.42. The summed E-state index contributed by atoms with van der Waals surface area (Å²) in [7, 11) is 1.94. The Bertz CT molecular complexity index is 620. The minimum absolute atomic E-state index is 0.0342. The van der Waals surface area contributed by atoms with Gasteiger partial charge in [-0.3, -0.25) is 14.5 Å². The molecule has 5 nitrogen and oxygen atoms in total. The SMILES string of the molecule is CN(C(=O)CN1CCN(C(=O)c2ccc(Cl)cc2)CC1)C1CCCCC1. The lowest BCUT2D eigenvalue weighted by molar-refractivity contribution is -0.134. The van der Waals surface area contributed by atoms with Gasteiger partial charge in [0.05, 0.1) is 6.54 Å². The number of carbonyl (C=O) groups excluding carboxylic acids is 2. The van der Waals surface area contributed by atoms with Crippen LogP contribution in [0.5, 0.6) is 0 Å². The van der Waals surface area contributed by atoms with Crippen LogP contribution in [0.4, 0.5) is 0 Å². The van der Waals surface area contributed by atoms with E-state index in [4.69, 9.17) is 11.6 Å². The molecule has 142 valence electrons. The van der Waals surface area contributed by atoms with E-state index in [0.717, 1.165) is 25.9 Å². The van der Waals surface area contributed by atoms with Crippen molar-refractivity contribution in [1.82, 2.24) is 14.7 Å². The summed E-state index contributed by atoms with van der Waals surface area (Å²) in [6.45, 7) is 3.24. The highest BCUT2D eigenvalue weighted by Crippen LogP contribution is 2.22. The number of halogens is 1. The van der Waals surface area contributed by atoms with E-state index in [1.165, 1.54) is 19.3 Å². The van der Waals surface area contributed by atoms with Gasteiger partial charge in [-0.1, -0.05) is 30.9 Å². The Balaban J connectivity index is 1.46. The van der Waals surface area contributed by atoms with Crippen LogP contribution in [0.3, 0.4) is 0 Å². The van der Waals surface area contributed by atoms with E-state index in [1.807, 2.05) is 16.8 Å². The lowest BCUT2D eigenvalue weighted by Gasteiger charge is -2.37. The van der Waals surface area contributed by atoms with Crippen molar-refractivity contribution in [3.63, 3.8) is 0 Å². The second-order valence-corrected chi connectivity index (χ2v) is 7.81. The van der Waals surface area contributed by atoms with E-state index in [1.54, 1.807) is 24.3 Å². The summed E-state index contributed by atoms with van der Waals surface area (Å²) in [5, 5.41) is 0.631. The minimum atomic E-state index is 0.0342. The summed E-state index contributed by atoms with van der Waals surface area (Å²) in [5.41, 5.74) is 0.663. The molecule has 26 heavy (non-hydrogen) atoms. The number of nitrogens with zero attached hydrogens (tertiary/aromatic N) is 3. The van der Waals surface area contributed by atoms with E-state index in [2.05, 4.69) is 4.90 Å². The monoisotopic (exact) mass is 377 g/mol. The third kappa shape index (κ3) is 4.77. The molecule has 0 spiro atoms. The molecule has 1 aromatic rings. The third-order valence-corrected chi connectivity index (χ3v) is 5.88. The first-order chi connectivity index (χ1) is 12.5. The van der Waals surface area contributed by atoms with Gasteiger partial charge in [0.1, 0.15) is 0 Å². The highest BCUT2D eigenvalue weighted by atomic mass is 35.5. The Labute approximate surface area is 160 Å².